The highest BCUT2D eigenvalue weighted by molar-refractivity contribution is 5.48. The van der Waals surface area contributed by atoms with Gasteiger partial charge >= 0.3 is 0 Å². The first-order chi connectivity index (χ1) is 6.83. The zero-order chi connectivity index (χ0) is 9.97. The first-order valence-corrected chi connectivity index (χ1v) is 4.86. The van der Waals surface area contributed by atoms with Crippen LogP contribution in [-0.2, 0) is 6.42 Å². The lowest BCUT2D eigenvalue weighted by molar-refractivity contribution is 0.146. The summed E-state index contributed by atoms with van der Waals surface area (Å²) in [6, 6.07) is 5.90. The lowest BCUT2D eigenvalue weighted by Gasteiger charge is -2.27. The maximum absolute atomic E-state index is 9.54. The van der Waals surface area contributed by atoms with Gasteiger partial charge in [0.15, 0.2) is 0 Å². The van der Waals surface area contributed by atoms with Crippen LogP contribution in [0.1, 0.15) is 23.7 Å². The molecular weight excluding hydrogens is 176 g/mol. The Bertz CT molecular complexity index is 344. The first kappa shape index (κ1) is 9.28. The zero-order valence-corrected chi connectivity index (χ0v) is 8.07. The maximum Gasteiger partial charge on any atom is 0.125 e. The molecule has 74 valence electrons. The van der Waals surface area contributed by atoms with Crippen LogP contribution in [0.3, 0.4) is 0 Å². The summed E-state index contributed by atoms with van der Waals surface area (Å²) in [5, 5.41) is 9.54. The smallest absolute Gasteiger partial charge is 0.125 e. The van der Waals surface area contributed by atoms with Crippen molar-refractivity contribution in [3.63, 3.8) is 0 Å². The minimum Gasteiger partial charge on any atom is -0.493 e. The summed E-state index contributed by atoms with van der Waals surface area (Å²) in [4.78, 5) is 0. The van der Waals surface area contributed by atoms with Gasteiger partial charge in [-0.05, 0) is 18.1 Å². The topological polar surface area (TPSA) is 29.5 Å². The van der Waals surface area contributed by atoms with E-state index in [0.717, 1.165) is 24.2 Å². The second-order valence-electron chi connectivity index (χ2n) is 3.47. The van der Waals surface area contributed by atoms with Gasteiger partial charge in [-0.15, -0.1) is 6.58 Å². The summed E-state index contributed by atoms with van der Waals surface area (Å²) in [7, 11) is 0. The maximum atomic E-state index is 9.54. The molecule has 1 aromatic rings. The molecule has 2 nitrogen and oxygen atoms in total. The van der Waals surface area contributed by atoms with Crippen molar-refractivity contribution in [1.82, 2.24) is 0 Å². The van der Waals surface area contributed by atoms with Gasteiger partial charge in [-0.1, -0.05) is 18.2 Å². The third kappa shape index (κ3) is 1.53. The average molecular weight is 190 g/mol. The molecule has 0 saturated heterocycles. The fraction of sp³-hybridized carbons (Fsp3) is 0.333. The highest BCUT2D eigenvalue weighted by Crippen LogP contribution is 2.39. The molecule has 1 N–H and O–H groups in total. The molecule has 0 heterocycles. The van der Waals surface area contributed by atoms with E-state index in [4.69, 9.17) is 4.74 Å². The first-order valence-electron chi connectivity index (χ1n) is 4.86. The van der Waals surface area contributed by atoms with Gasteiger partial charge in [-0.2, -0.15) is 0 Å². The van der Waals surface area contributed by atoms with Crippen LogP contribution in [0.15, 0.2) is 30.9 Å². The number of hydrogen-bond donors (Lipinski definition) is 1. The number of benzene rings is 1. The summed E-state index contributed by atoms with van der Waals surface area (Å²) in [5.74, 6) is 0.822. The number of hydrogen-bond acceptors (Lipinski definition) is 2. The third-order valence-electron chi connectivity index (χ3n) is 2.48. The number of ether oxygens (including phenoxy) is 1. The Balaban J connectivity index is 2.10. The van der Waals surface area contributed by atoms with E-state index in [9.17, 15) is 5.11 Å². The van der Waals surface area contributed by atoms with Crippen molar-refractivity contribution in [2.24, 2.45) is 0 Å². The third-order valence-corrected chi connectivity index (χ3v) is 2.48. The van der Waals surface area contributed by atoms with Crippen LogP contribution in [0.2, 0.25) is 0 Å². The van der Waals surface area contributed by atoms with Gasteiger partial charge in [0.25, 0.3) is 0 Å². The number of aliphatic hydroxyl groups excluding tert-OH is 1. The van der Waals surface area contributed by atoms with Crippen LogP contribution in [0.25, 0.3) is 0 Å². The van der Waals surface area contributed by atoms with E-state index < -0.39 is 0 Å². The highest BCUT2D eigenvalue weighted by Gasteiger charge is 2.27. The molecule has 0 amide bonds. The molecule has 0 bridgehead atoms. The molecule has 1 aliphatic carbocycles. The number of rotatable bonds is 4. The molecule has 0 aromatic heterocycles. The van der Waals surface area contributed by atoms with E-state index >= 15 is 0 Å². The monoisotopic (exact) mass is 190 g/mol. The van der Waals surface area contributed by atoms with Crippen LogP contribution in [0, 0.1) is 0 Å². The molecule has 14 heavy (non-hydrogen) atoms. The van der Waals surface area contributed by atoms with Crippen molar-refractivity contribution in [2.45, 2.75) is 18.9 Å². The van der Waals surface area contributed by atoms with Gasteiger partial charge in [0.2, 0.25) is 0 Å². The Morgan fingerprint density at radius 3 is 3.14 bits per heavy atom. The molecule has 0 spiro atoms. The Hall–Kier alpha value is -1.28. The van der Waals surface area contributed by atoms with E-state index in [-0.39, 0.29) is 6.10 Å². The van der Waals surface area contributed by atoms with Gasteiger partial charge in [0.1, 0.15) is 5.75 Å². The molecule has 0 saturated carbocycles. The van der Waals surface area contributed by atoms with Gasteiger partial charge in [0.05, 0.1) is 12.7 Å². The van der Waals surface area contributed by atoms with Crippen molar-refractivity contribution in [1.29, 1.82) is 0 Å². The molecule has 1 atom stereocenters. The standard InChI is InChI=1S/C12H14O2/c1-2-3-7-14-11-6-4-5-9-8-10(13)12(9)11/h2,4-6,10,13H,1,3,7-8H2. The van der Waals surface area contributed by atoms with Gasteiger partial charge < -0.3 is 9.84 Å². The second kappa shape index (κ2) is 3.84. The fourth-order valence-corrected chi connectivity index (χ4v) is 1.70. The van der Waals surface area contributed by atoms with Crippen molar-refractivity contribution in [3.05, 3.63) is 42.0 Å². The van der Waals surface area contributed by atoms with Crippen LogP contribution < -0.4 is 4.74 Å². The highest BCUT2D eigenvalue weighted by atomic mass is 16.5. The molecule has 0 aliphatic heterocycles. The van der Waals surface area contributed by atoms with Crippen LogP contribution in [-0.4, -0.2) is 11.7 Å². The average Bonchev–Trinajstić information content (AvgIpc) is 2.16. The van der Waals surface area contributed by atoms with Gasteiger partial charge in [-0.3, -0.25) is 0 Å². The molecule has 2 heteroatoms. The number of fused-ring (bicyclic) bond motifs is 1. The zero-order valence-electron chi connectivity index (χ0n) is 8.07. The van der Waals surface area contributed by atoms with Crippen molar-refractivity contribution < 1.29 is 9.84 Å². The SMILES string of the molecule is C=CCCOc1cccc2c1C(O)C2. The van der Waals surface area contributed by atoms with Crippen LogP contribution in [0.4, 0.5) is 0 Å². The minimum absolute atomic E-state index is 0.329. The van der Waals surface area contributed by atoms with Crippen molar-refractivity contribution in [3.8, 4) is 5.75 Å². The fourth-order valence-electron chi connectivity index (χ4n) is 1.70. The Kier molecular flexibility index (Phi) is 2.55. The van der Waals surface area contributed by atoms with Gasteiger partial charge in [0, 0.05) is 12.0 Å². The molecule has 1 aromatic carbocycles. The molecule has 2 rings (SSSR count). The summed E-state index contributed by atoms with van der Waals surface area (Å²) >= 11 is 0. The minimum atomic E-state index is -0.329. The van der Waals surface area contributed by atoms with E-state index in [1.54, 1.807) is 0 Å². The molecule has 0 radical (unpaired) electrons. The lowest BCUT2D eigenvalue weighted by atomic mass is 9.85. The Labute approximate surface area is 83.8 Å². The summed E-state index contributed by atoms with van der Waals surface area (Å²) in [6.07, 6.45) is 3.09. The Morgan fingerprint density at radius 2 is 2.43 bits per heavy atom. The quantitative estimate of drug-likeness (QED) is 0.582. The summed E-state index contributed by atoms with van der Waals surface area (Å²) < 4.78 is 5.55. The molecular formula is C12H14O2. The normalized spacial score (nSPS) is 18.2. The summed E-state index contributed by atoms with van der Waals surface area (Å²) in [5.41, 5.74) is 2.17. The summed E-state index contributed by atoms with van der Waals surface area (Å²) in [6.45, 7) is 4.26. The largest absolute Gasteiger partial charge is 0.493 e. The van der Waals surface area contributed by atoms with Crippen LogP contribution in [0.5, 0.6) is 5.75 Å². The lowest BCUT2D eigenvalue weighted by Crippen LogP contribution is -2.18. The van der Waals surface area contributed by atoms with E-state index in [1.807, 2.05) is 24.3 Å². The molecule has 0 fully saturated rings. The predicted octanol–water partition coefficient (Wildman–Crippen LogP) is 2.23. The van der Waals surface area contributed by atoms with Crippen molar-refractivity contribution in [2.75, 3.05) is 6.61 Å². The van der Waals surface area contributed by atoms with E-state index in [1.165, 1.54) is 5.56 Å². The van der Waals surface area contributed by atoms with E-state index in [0.29, 0.717) is 6.61 Å². The molecule has 1 unspecified atom stereocenters. The van der Waals surface area contributed by atoms with E-state index in [2.05, 4.69) is 6.58 Å². The van der Waals surface area contributed by atoms with Gasteiger partial charge in [-0.25, -0.2) is 0 Å². The predicted molar refractivity (Wildman–Crippen MR) is 55.4 cm³/mol. The Morgan fingerprint density at radius 1 is 1.57 bits per heavy atom. The second-order valence-corrected chi connectivity index (χ2v) is 3.47. The molecule has 1 aliphatic rings. The van der Waals surface area contributed by atoms with Crippen molar-refractivity contribution >= 4 is 0 Å². The number of aliphatic hydroxyl groups is 1. The van der Waals surface area contributed by atoms with Crippen LogP contribution >= 0.6 is 0 Å².